The second-order valence-electron chi connectivity index (χ2n) is 4.92. The molecule has 3 amide bonds. The summed E-state index contributed by atoms with van der Waals surface area (Å²) in [5.74, 6) is 0. The molecule has 1 aliphatic heterocycles. The van der Waals surface area contributed by atoms with Crippen LogP contribution in [0.5, 0.6) is 0 Å². The maximum Gasteiger partial charge on any atom is 0.419 e. The van der Waals surface area contributed by atoms with Gasteiger partial charge in [-0.3, -0.25) is 0 Å². The molecule has 5 heteroatoms. The van der Waals surface area contributed by atoms with Crippen LogP contribution in [0.1, 0.15) is 32.4 Å². The summed E-state index contributed by atoms with van der Waals surface area (Å²) in [6.07, 6.45) is -0.952. The van der Waals surface area contributed by atoms with Crippen molar-refractivity contribution in [1.82, 2.24) is 10.2 Å². The highest BCUT2D eigenvalue weighted by atomic mass is 16.6. The van der Waals surface area contributed by atoms with Crippen LogP contribution in [0.4, 0.5) is 9.59 Å². The lowest BCUT2D eigenvalue weighted by atomic mass is 10.0. The number of carbonyl (C=O) groups excluding carboxylic acids is 2. The van der Waals surface area contributed by atoms with Crippen molar-refractivity contribution < 1.29 is 14.3 Å². The molecule has 0 saturated carbocycles. The number of benzene rings is 1. The molecule has 2 atom stereocenters. The highest BCUT2D eigenvalue weighted by Crippen LogP contribution is 2.32. The van der Waals surface area contributed by atoms with Crippen LogP contribution in [-0.4, -0.2) is 29.2 Å². The Morgan fingerprint density at radius 1 is 1.32 bits per heavy atom. The second-order valence-corrected chi connectivity index (χ2v) is 4.92. The van der Waals surface area contributed by atoms with E-state index in [1.807, 2.05) is 44.2 Å². The van der Waals surface area contributed by atoms with E-state index in [4.69, 9.17) is 4.74 Å². The molecule has 2 rings (SSSR count). The zero-order valence-electron chi connectivity index (χ0n) is 11.3. The van der Waals surface area contributed by atoms with E-state index in [-0.39, 0.29) is 18.2 Å². The SMILES string of the molecule is CC(C)NC(=O)N1C(=O)OC(C)[C@@H]1c1ccccc1. The number of rotatable bonds is 2. The van der Waals surface area contributed by atoms with E-state index in [9.17, 15) is 9.59 Å². The fourth-order valence-electron chi connectivity index (χ4n) is 2.20. The number of ether oxygens (including phenoxy) is 1. The molecule has 1 N–H and O–H groups in total. The lowest BCUT2D eigenvalue weighted by Crippen LogP contribution is -2.44. The molecule has 0 radical (unpaired) electrons. The van der Waals surface area contributed by atoms with E-state index < -0.39 is 12.1 Å². The van der Waals surface area contributed by atoms with Crippen molar-refractivity contribution in [1.29, 1.82) is 0 Å². The van der Waals surface area contributed by atoms with Crippen molar-refractivity contribution in [3.8, 4) is 0 Å². The fraction of sp³-hybridized carbons (Fsp3) is 0.429. The molecule has 1 aliphatic rings. The lowest BCUT2D eigenvalue weighted by Gasteiger charge is -2.23. The Kier molecular flexibility index (Phi) is 3.74. The minimum atomic E-state index is -0.598. The third-order valence-corrected chi connectivity index (χ3v) is 2.98. The second kappa shape index (κ2) is 5.30. The van der Waals surface area contributed by atoms with Crippen LogP contribution in [0.25, 0.3) is 0 Å². The molecule has 0 aromatic heterocycles. The number of hydrogen-bond acceptors (Lipinski definition) is 3. The topological polar surface area (TPSA) is 58.6 Å². The first-order valence-electron chi connectivity index (χ1n) is 6.36. The van der Waals surface area contributed by atoms with Crippen LogP contribution >= 0.6 is 0 Å². The van der Waals surface area contributed by atoms with Crippen molar-refractivity contribution in [2.45, 2.75) is 39.0 Å². The number of nitrogens with zero attached hydrogens (tertiary/aromatic N) is 1. The molecule has 19 heavy (non-hydrogen) atoms. The molecular weight excluding hydrogens is 244 g/mol. The van der Waals surface area contributed by atoms with Gasteiger partial charge >= 0.3 is 12.1 Å². The monoisotopic (exact) mass is 262 g/mol. The van der Waals surface area contributed by atoms with Crippen LogP contribution in [0.3, 0.4) is 0 Å². The van der Waals surface area contributed by atoms with Gasteiger partial charge in [0.1, 0.15) is 12.1 Å². The molecule has 1 aromatic carbocycles. The Bertz CT molecular complexity index is 473. The first kappa shape index (κ1) is 13.4. The van der Waals surface area contributed by atoms with Gasteiger partial charge in [0.15, 0.2) is 0 Å². The van der Waals surface area contributed by atoms with E-state index >= 15 is 0 Å². The fourth-order valence-corrected chi connectivity index (χ4v) is 2.20. The summed E-state index contributed by atoms with van der Waals surface area (Å²) in [5, 5.41) is 2.72. The first-order chi connectivity index (χ1) is 9.00. The van der Waals surface area contributed by atoms with Crippen molar-refractivity contribution in [2.24, 2.45) is 0 Å². The molecular formula is C14H18N2O3. The quantitative estimate of drug-likeness (QED) is 0.891. The molecule has 1 fully saturated rings. The van der Waals surface area contributed by atoms with Crippen molar-refractivity contribution >= 4 is 12.1 Å². The molecule has 5 nitrogen and oxygen atoms in total. The number of cyclic esters (lactones) is 1. The normalized spacial score (nSPS) is 22.5. The van der Waals surface area contributed by atoms with E-state index in [0.29, 0.717) is 0 Å². The van der Waals surface area contributed by atoms with Gasteiger partial charge in [-0.05, 0) is 26.3 Å². The van der Waals surface area contributed by atoms with Crippen molar-refractivity contribution in [3.63, 3.8) is 0 Å². The van der Waals surface area contributed by atoms with Crippen LogP contribution < -0.4 is 5.32 Å². The van der Waals surface area contributed by atoms with Gasteiger partial charge in [-0.25, -0.2) is 14.5 Å². The van der Waals surface area contributed by atoms with Gasteiger partial charge in [0.05, 0.1) is 0 Å². The predicted molar refractivity (Wildman–Crippen MR) is 70.6 cm³/mol. The van der Waals surface area contributed by atoms with Gasteiger partial charge in [-0.15, -0.1) is 0 Å². The molecule has 1 unspecified atom stereocenters. The van der Waals surface area contributed by atoms with Gasteiger partial charge < -0.3 is 10.1 Å². The van der Waals surface area contributed by atoms with Gasteiger partial charge in [0, 0.05) is 6.04 Å². The molecule has 1 saturated heterocycles. The largest absolute Gasteiger partial charge is 0.443 e. The third-order valence-electron chi connectivity index (χ3n) is 2.98. The Labute approximate surface area is 112 Å². The lowest BCUT2D eigenvalue weighted by molar-refractivity contribution is 0.137. The zero-order chi connectivity index (χ0) is 14.0. The van der Waals surface area contributed by atoms with Gasteiger partial charge in [0.2, 0.25) is 0 Å². The third kappa shape index (κ3) is 2.70. The molecule has 0 bridgehead atoms. The summed E-state index contributed by atoms with van der Waals surface area (Å²) in [7, 11) is 0. The number of hydrogen-bond donors (Lipinski definition) is 1. The van der Waals surface area contributed by atoms with E-state index in [0.717, 1.165) is 10.5 Å². The summed E-state index contributed by atoms with van der Waals surface area (Å²) >= 11 is 0. The number of imide groups is 1. The standard InChI is InChI=1S/C14H18N2O3/c1-9(2)15-13(17)16-12(10(3)19-14(16)18)11-7-5-4-6-8-11/h4-10,12H,1-3H3,(H,15,17)/t10?,12-/m1/s1. The smallest absolute Gasteiger partial charge is 0.419 e. The van der Waals surface area contributed by atoms with E-state index in [1.54, 1.807) is 6.92 Å². The zero-order valence-corrected chi connectivity index (χ0v) is 11.3. The number of amides is 3. The van der Waals surface area contributed by atoms with E-state index in [1.165, 1.54) is 0 Å². The predicted octanol–water partition coefficient (Wildman–Crippen LogP) is 2.69. The van der Waals surface area contributed by atoms with Gasteiger partial charge in [-0.2, -0.15) is 0 Å². The summed E-state index contributed by atoms with van der Waals surface area (Å²) in [4.78, 5) is 25.1. The van der Waals surface area contributed by atoms with Crippen LogP contribution in [0, 0.1) is 0 Å². The first-order valence-corrected chi connectivity index (χ1v) is 6.36. The molecule has 102 valence electrons. The highest BCUT2D eigenvalue weighted by molar-refractivity contribution is 5.93. The maximum absolute atomic E-state index is 12.1. The van der Waals surface area contributed by atoms with Crippen LogP contribution in [0.15, 0.2) is 30.3 Å². The van der Waals surface area contributed by atoms with E-state index in [2.05, 4.69) is 5.32 Å². The minimum Gasteiger partial charge on any atom is -0.443 e. The van der Waals surface area contributed by atoms with Gasteiger partial charge in [0.25, 0.3) is 0 Å². The molecule has 1 heterocycles. The minimum absolute atomic E-state index is 0.0346. The summed E-state index contributed by atoms with van der Waals surface area (Å²) in [6, 6.07) is 8.59. The average molecular weight is 262 g/mol. The Balaban J connectivity index is 2.29. The highest BCUT2D eigenvalue weighted by Gasteiger charge is 2.44. The van der Waals surface area contributed by atoms with Crippen LogP contribution in [-0.2, 0) is 4.74 Å². The maximum atomic E-state index is 12.1. The van der Waals surface area contributed by atoms with Crippen molar-refractivity contribution in [2.75, 3.05) is 0 Å². The van der Waals surface area contributed by atoms with Gasteiger partial charge in [-0.1, -0.05) is 30.3 Å². The summed E-state index contributed by atoms with van der Waals surface area (Å²) in [6.45, 7) is 5.48. The average Bonchev–Trinajstić information content (AvgIpc) is 2.64. The van der Waals surface area contributed by atoms with Crippen LogP contribution in [0.2, 0.25) is 0 Å². The number of nitrogens with one attached hydrogen (secondary N) is 1. The molecule has 1 aromatic rings. The Morgan fingerprint density at radius 2 is 1.95 bits per heavy atom. The number of carbonyl (C=O) groups is 2. The van der Waals surface area contributed by atoms with Crippen molar-refractivity contribution in [3.05, 3.63) is 35.9 Å². The Hall–Kier alpha value is -2.04. The summed E-state index contributed by atoms with van der Waals surface area (Å²) < 4.78 is 5.17. The number of urea groups is 1. The Morgan fingerprint density at radius 3 is 2.53 bits per heavy atom. The molecule has 0 spiro atoms. The molecule has 0 aliphatic carbocycles. The summed E-state index contributed by atoms with van der Waals surface area (Å²) in [5.41, 5.74) is 0.889.